The molecule has 0 bridgehead atoms. The number of piperazine rings is 1. The molecule has 1 fully saturated rings. The lowest BCUT2D eigenvalue weighted by Gasteiger charge is -2.37. The van der Waals surface area contributed by atoms with Crippen molar-refractivity contribution in [3.8, 4) is 6.07 Å². The van der Waals surface area contributed by atoms with E-state index in [0.29, 0.717) is 0 Å². The molecule has 0 N–H and O–H groups in total. The largest absolute Gasteiger partial charge is 0.353 e. The molecule has 1 aliphatic heterocycles. The van der Waals surface area contributed by atoms with E-state index in [0.717, 1.165) is 49.8 Å². The van der Waals surface area contributed by atoms with Gasteiger partial charge in [0.05, 0.1) is 23.5 Å². The first-order chi connectivity index (χ1) is 9.15. The van der Waals surface area contributed by atoms with Crippen molar-refractivity contribution in [2.45, 2.75) is 33.2 Å². The van der Waals surface area contributed by atoms with Crippen LogP contribution in [-0.4, -0.2) is 47.1 Å². The van der Waals surface area contributed by atoms with Gasteiger partial charge in [-0.05, 0) is 20.3 Å². The Morgan fingerprint density at radius 1 is 1.32 bits per heavy atom. The number of nitriles is 1. The van der Waals surface area contributed by atoms with Crippen LogP contribution >= 0.6 is 0 Å². The Labute approximate surface area is 114 Å². The molecule has 5 heteroatoms. The highest BCUT2D eigenvalue weighted by Crippen LogP contribution is 2.18. The summed E-state index contributed by atoms with van der Waals surface area (Å²) < 4.78 is 0. The summed E-state index contributed by atoms with van der Waals surface area (Å²) in [6, 6.07) is 2.42. The molecule has 102 valence electrons. The van der Waals surface area contributed by atoms with E-state index >= 15 is 0 Å². The minimum absolute atomic E-state index is 0.0480. The second kappa shape index (κ2) is 5.98. The van der Waals surface area contributed by atoms with E-state index < -0.39 is 0 Å². The molecule has 2 rings (SSSR count). The molecule has 0 radical (unpaired) electrons. The van der Waals surface area contributed by atoms with Crippen molar-refractivity contribution in [2.24, 2.45) is 0 Å². The molecule has 2 heterocycles. The monoisotopic (exact) mass is 259 g/mol. The topological polar surface area (TPSA) is 56.1 Å². The zero-order valence-electron chi connectivity index (χ0n) is 11.9. The SMILES string of the molecule is CCC(C#N)N1CCN(c2nc(C)cnc2C)CC1. The maximum absolute atomic E-state index is 9.11. The van der Waals surface area contributed by atoms with Crippen molar-refractivity contribution in [1.82, 2.24) is 14.9 Å². The number of aryl methyl sites for hydroxylation is 2. The fourth-order valence-corrected chi connectivity index (χ4v) is 2.50. The van der Waals surface area contributed by atoms with Crippen LogP contribution in [0.25, 0.3) is 0 Å². The van der Waals surface area contributed by atoms with Gasteiger partial charge in [-0.2, -0.15) is 5.26 Å². The van der Waals surface area contributed by atoms with Gasteiger partial charge >= 0.3 is 0 Å². The predicted molar refractivity (Wildman–Crippen MR) is 75.0 cm³/mol. The summed E-state index contributed by atoms with van der Waals surface area (Å²) in [5.74, 6) is 0.990. The van der Waals surface area contributed by atoms with Crippen LogP contribution in [0.2, 0.25) is 0 Å². The maximum atomic E-state index is 9.11. The molecule has 0 spiro atoms. The number of aromatic nitrogens is 2. The van der Waals surface area contributed by atoms with Gasteiger partial charge in [-0.15, -0.1) is 0 Å². The molecule has 1 aliphatic rings. The third-order valence-electron chi connectivity index (χ3n) is 3.64. The normalized spacial score (nSPS) is 18.1. The van der Waals surface area contributed by atoms with E-state index in [4.69, 9.17) is 5.26 Å². The van der Waals surface area contributed by atoms with Crippen molar-refractivity contribution >= 4 is 5.82 Å². The summed E-state index contributed by atoms with van der Waals surface area (Å²) in [5.41, 5.74) is 1.93. The van der Waals surface area contributed by atoms with Gasteiger partial charge in [0.2, 0.25) is 0 Å². The van der Waals surface area contributed by atoms with Crippen molar-refractivity contribution in [1.29, 1.82) is 5.26 Å². The molecule has 1 saturated heterocycles. The molecule has 19 heavy (non-hydrogen) atoms. The zero-order valence-corrected chi connectivity index (χ0v) is 11.9. The minimum Gasteiger partial charge on any atom is -0.353 e. The number of anilines is 1. The van der Waals surface area contributed by atoms with Gasteiger partial charge in [0, 0.05) is 32.4 Å². The molecule has 5 nitrogen and oxygen atoms in total. The number of rotatable bonds is 3. The second-order valence-electron chi connectivity index (χ2n) is 5.00. The molecule has 0 aromatic carbocycles. The summed E-state index contributed by atoms with van der Waals surface area (Å²) >= 11 is 0. The van der Waals surface area contributed by atoms with Gasteiger partial charge in [-0.3, -0.25) is 9.88 Å². The second-order valence-corrected chi connectivity index (χ2v) is 5.00. The molecule has 1 aromatic rings. The van der Waals surface area contributed by atoms with E-state index in [1.807, 2.05) is 13.8 Å². The van der Waals surface area contributed by atoms with E-state index in [1.54, 1.807) is 6.20 Å². The Kier molecular flexibility index (Phi) is 4.33. The smallest absolute Gasteiger partial charge is 0.150 e. The summed E-state index contributed by atoms with van der Waals surface area (Å²) in [6.45, 7) is 9.69. The third kappa shape index (κ3) is 3.02. The van der Waals surface area contributed by atoms with Gasteiger partial charge in [-0.1, -0.05) is 6.92 Å². The lowest BCUT2D eigenvalue weighted by atomic mass is 10.2. The fourth-order valence-electron chi connectivity index (χ4n) is 2.50. The Hall–Kier alpha value is -1.67. The van der Waals surface area contributed by atoms with Crippen LogP contribution in [0.4, 0.5) is 5.82 Å². The van der Waals surface area contributed by atoms with Crippen molar-refractivity contribution in [3.05, 3.63) is 17.6 Å². The highest BCUT2D eigenvalue weighted by Gasteiger charge is 2.24. The molecular weight excluding hydrogens is 238 g/mol. The number of hydrogen-bond donors (Lipinski definition) is 0. The van der Waals surface area contributed by atoms with Crippen LogP contribution < -0.4 is 4.90 Å². The summed E-state index contributed by atoms with van der Waals surface area (Å²) in [7, 11) is 0. The van der Waals surface area contributed by atoms with Gasteiger partial charge in [-0.25, -0.2) is 4.98 Å². The van der Waals surface area contributed by atoms with Crippen molar-refractivity contribution in [2.75, 3.05) is 31.1 Å². The molecule has 1 atom stereocenters. The Morgan fingerprint density at radius 2 is 2.00 bits per heavy atom. The van der Waals surface area contributed by atoms with Crippen LogP contribution in [0, 0.1) is 25.2 Å². The third-order valence-corrected chi connectivity index (χ3v) is 3.64. The minimum atomic E-state index is 0.0480. The van der Waals surface area contributed by atoms with Crippen LogP contribution in [-0.2, 0) is 0 Å². The highest BCUT2D eigenvalue weighted by molar-refractivity contribution is 5.43. The summed E-state index contributed by atoms with van der Waals surface area (Å²) in [4.78, 5) is 13.5. The maximum Gasteiger partial charge on any atom is 0.150 e. The molecular formula is C14H21N5. The molecule has 1 aromatic heterocycles. The first kappa shape index (κ1) is 13.8. The average molecular weight is 259 g/mol. The standard InChI is InChI=1S/C14H21N5/c1-4-13(9-15)18-5-7-19(8-6-18)14-12(3)16-10-11(2)17-14/h10,13H,4-8H2,1-3H3. The lowest BCUT2D eigenvalue weighted by Crippen LogP contribution is -2.50. The molecule has 0 saturated carbocycles. The fraction of sp³-hybridized carbons (Fsp3) is 0.643. The van der Waals surface area contributed by atoms with E-state index in [1.165, 1.54) is 0 Å². The van der Waals surface area contributed by atoms with Gasteiger partial charge in [0.1, 0.15) is 5.82 Å². The molecule has 0 aliphatic carbocycles. The lowest BCUT2D eigenvalue weighted by molar-refractivity contribution is 0.216. The van der Waals surface area contributed by atoms with Gasteiger partial charge in [0.15, 0.2) is 0 Å². The molecule has 1 unspecified atom stereocenters. The van der Waals surface area contributed by atoms with Crippen molar-refractivity contribution in [3.63, 3.8) is 0 Å². The first-order valence-electron chi connectivity index (χ1n) is 6.84. The summed E-state index contributed by atoms with van der Waals surface area (Å²) in [5, 5.41) is 9.11. The number of nitrogens with zero attached hydrogens (tertiary/aromatic N) is 5. The van der Waals surface area contributed by atoms with Crippen LogP contribution in [0.1, 0.15) is 24.7 Å². The van der Waals surface area contributed by atoms with Gasteiger partial charge < -0.3 is 4.90 Å². The van der Waals surface area contributed by atoms with Crippen LogP contribution in [0.15, 0.2) is 6.20 Å². The average Bonchev–Trinajstić information content (AvgIpc) is 2.44. The van der Waals surface area contributed by atoms with E-state index in [9.17, 15) is 0 Å². The highest BCUT2D eigenvalue weighted by atomic mass is 15.3. The Morgan fingerprint density at radius 3 is 2.58 bits per heavy atom. The quantitative estimate of drug-likeness (QED) is 0.823. The van der Waals surface area contributed by atoms with E-state index in [2.05, 4.69) is 32.8 Å². The van der Waals surface area contributed by atoms with Gasteiger partial charge in [0.25, 0.3) is 0 Å². The Bertz CT molecular complexity index is 471. The Balaban J connectivity index is 2.04. The van der Waals surface area contributed by atoms with Crippen molar-refractivity contribution < 1.29 is 0 Å². The van der Waals surface area contributed by atoms with E-state index in [-0.39, 0.29) is 6.04 Å². The van der Waals surface area contributed by atoms with Crippen LogP contribution in [0.5, 0.6) is 0 Å². The number of hydrogen-bond acceptors (Lipinski definition) is 5. The molecule has 0 amide bonds. The van der Waals surface area contributed by atoms with Crippen LogP contribution in [0.3, 0.4) is 0 Å². The predicted octanol–water partition coefficient (Wildman–Crippen LogP) is 1.52. The zero-order chi connectivity index (χ0) is 13.8. The summed E-state index contributed by atoms with van der Waals surface area (Å²) in [6.07, 6.45) is 2.69. The first-order valence-corrected chi connectivity index (χ1v) is 6.84.